The molecule has 1 amide bonds. The maximum absolute atomic E-state index is 12.1. The van der Waals surface area contributed by atoms with Gasteiger partial charge >= 0.3 is 0 Å². The standard InChI is InChI=1S/C22H22N4O3S/c1-2-26-30(28,29)18-6-3-14(4-7-18)17-12-20(21(23)25-13-17)15-5-8-19-16(11-15)9-10-24-22(19)27/h3-8,11-13,26H,2,9-10H2,1H3,(H2,23,25)(H,24,27). The van der Waals surface area contributed by atoms with Crippen molar-refractivity contribution < 1.29 is 13.2 Å². The van der Waals surface area contributed by atoms with E-state index in [0.29, 0.717) is 24.5 Å². The number of benzene rings is 2. The van der Waals surface area contributed by atoms with Gasteiger partial charge in [0, 0.05) is 36.0 Å². The van der Waals surface area contributed by atoms with Gasteiger partial charge in [0.2, 0.25) is 10.0 Å². The summed E-state index contributed by atoms with van der Waals surface area (Å²) in [5.41, 5.74) is 11.1. The molecule has 30 heavy (non-hydrogen) atoms. The Morgan fingerprint density at radius 1 is 1.03 bits per heavy atom. The molecule has 0 saturated carbocycles. The van der Waals surface area contributed by atoms with Crippen molar-refractivity contribution in [3.63, 3.8) is 0 Å². The second kappa shape index (κ2) is 7.89. The van der Waals surface area contributed by atoms with E-state index in [1.165, 1.54) is 0 Å². The zero-order valence-corrected chi connectivity index (χ0v) is 17.3. The van der Waals surface area contributed by atoms with Gasteiger partial charge in [-0.25, -0.2) is 18.1 Å². The third-order valence-electron chi connectivity index (χ3n) is 5.09. The Morgan fingerprint density at radius 3 is 2.50 bits per heavy atom. The average molecular weight is 423 g/mol. The van der Waals surface area contributed by atoms with Crippen LogP contribution in [0.4, 0.5) is 5.82 Å². The maximum atomic E-state index is 12.1. The third-order valence-corrected chi connectivity index (χ3v) is 6.65. The van der Waals surface area contributed by atoms with Crippen molar-refractivity contribution in [2.24, 2.45) is 0 Å². The first kappa shape index (κ1) is 20.1. The molecule has 0 fully saturated rings. The lowest BCUT2D eigenvalue weighted by molar-refractivity contribution is 0.0946. The van der Waals surface area contributed by atoms with Crippen LogP contribution < -0.4 is 15.8 Å². The molecule has 8 heteroatoms. The van der Waals surface area contributed by atoms with Crippen LogP contribution >= 0.6 is 0 Å². The van der Waals surface area contributed by atoms with E-state index in [2.05, 4.69) is 15.0 Å². The molecule has 1 aliphatic rings. The summed E-state index contributed by atoms with van der Waals surface area (Å²) < 4.78 is 26.8. The van der Waals surface area contributed by atoms with Crippen molar-refractivity contribution in [2.45, 2.75) is 18.2 Å². The Hall–Kier alpha value is -3.23. The Morgan fingerprint density at radius 2 is 1.77 bits per heavy atom. The Bertz CT molecular complexity index is 1220. The van der Waals surface area contributed by atoms with Crippen LogP contribution in [0.3, 0.4) is 0 Å². The van der Waals surface area contributed by atoms with Crippen LogP contribution in [0, 0.1) is 0 Å². The van der Waals surface area contributed by atoms with E-state index in [0.717, 1.165) is 34.2 Å². The number of aromatic nitrogens is 1. The normalized spacial score (nSPS) is 13.6. The average Bonchev–Trinajstić information content (AvgIpc) is 2.74. The Balaban J connectivity index is 1.70. The number of hydrogen-bond donors (Lipinski definition) is 3. The third kappa shape index (κ3) is 3.79. The zero-order chi connectivity index (χ0) is 21.3. The van der Waals surface area contributed by atoms with Gasteiger partial charge in [-0.05, 0) is 47.4 Å². The Labute approximate surface area is 175 Å². The van der Waals surface area contributed by atoms with Gasteiger partial charge in [-0.3, -0.25) is 4.79 Å². The van der Waals surface area contributed by atoms with E-state index in [1.807, 2.05) is 24.3 Å². The topological polar surface area (TPSA) is 114 Å². The number of pyridine rings is 1. The van der Waals surface area contributed by atoms with Crippen molar-refractivity contribution in [1.29, 1.82) is 0 Å². The molecule has 0 spiro atoms. The summed E-state index contributed by atoms with van der Waals surface area (Å²) in [6, 6.07) is 14.2. The number of sulfonamides is 1. The largest absolute Gasteiger partial charge is 0.383 e. The van der Waals surface area contributed by atoms with Crippen LogP contribution in [0.25, 0.3) is 22.3 Å². The van der Waals surface area contributed by atoms with Crippen LogP contribution in [-0.4, -0.2) is 32.4 Å². The molecule has 3 aromatic rings. The first-order chi connectivity index (χ1) is 14.4. The molecule has 2 heterocycles. The molecule has 2 aromatic carbocycles. The summed E-state index contributed by atoms with van der Waals surface area (Å²) in [4.78, 5) is 16.5. The fourth-order valence-electron chi connectivity index (χ4n) is 3.56. The molecule has 0 bridgehead atoms. The van der Waals surface area contributed by atoms with E-state index in [9.17, 15) is 13.2 Å². The van der Waals surface area contributed by atoms with Crippen LogP contribution in [0.1, 0.15) is 22.8 Å². The SMILES string of the molecule is CCNS(=O)(=O)c1ccc(-c2cnc(N)c(-c3ccc4c(c3)CCNC4=O)c2)cc1. The number of hydrogen-bond acceptors (Lipinski definition) is 5. The summed E-state index contributed by atoms with van der Waals surface area (Å²) in [6.45, 7) is 2.68. The molecular formula is C22H22N4O3S. The smallest absolute Gasteiger partial charge is 0.251 e. The molecule has 1 aliphatic heterocycles. The predicted molar refractivity (Wildman–Crippen MR) is 116 cm³/mol. The molecule has 7 nitrogen and oxygen atoms in total. The summed E-state index contributed by atoms with van der Waals surface area (Å²) in [5, 5.41) is 2.84. The Kier molecular flexibility index (Phi) is 5.27. The predicted octanol–water partition coefficient (Wildman–Crippen LogP) is 2.58. The van der Waals surface area contributed by atoms with Crippen molar-refractivity contribution in [3.05, 3.63) is 65.9 Å². The summed E-state index contributed by atoms with van der Waals surface area (Å²) in [5.74, 6) is 0.334. The van der Waals surface area contributed by atoms with Gasteiger partial charge in [0.1, 0.15) is 5.82 Å². The summed E-state index contributed by atoms with van der Waals surface area (Å²) in [6.07, 6.45) is 2.43. The number of carbonyl (C=O) groups is 1. The number of anilines is 1. The number of carbonyl (C=O) groups excluding carboxylic acids is 1. The second-order valence-electron chi connectivity index (χ2n) is 7.06. The quantitative estimate of drug-likeness (QED) is 0.585. The number of nitrogens with zero attached hydrogens (tertiary/aromatic N) is 1. The number of nitrogens with one attached hydrogen (secondary N) is 2. The van der Waals surface area contributed by atoms with Crippen molar-refractivity contribution in [2.75, 3.05) is 18.8 Å². The van der Waals surface area contributed by atoms with Gasteiger partial charge in [0.05, 0.1) is 4.90 Å². The number of fused-ring (bicyclic) bond motifs is 1. The van der Waals surface area contributed by atoms with Gasteiger partial charge < -0.3 is 11.1 Å². The van der Waals surface area contributed by atoms with Gasteiger partial charge in [0.25, 0.3) is 5.91 Å². The number of nitrogens with two attached hydrogens (primary N) is 1. The number of rotatable bonds is 5. The highest BCUT2D eigenvalue weighted by Crippen LogP contribution is 2.31. The highest BCUT2D eigenvalue weighted by Gasteiger charge is 2.18. The van der Waals surface area contributed by atoms with Crippen LogP contribution in [0.15, 0.2) is 59.6 Å². The van der Waals surface area contributed by atoms with E-state index < -0.39 is 10.0 Å². The highest BCUT2D eigenvalue weighted by molar-refractivity contribution is 7.89. The lowest BCUT2D eigenvalue weighted by Gasteiger charge is -2.18. The molecular weight excluding hydrogens is 400 g/mol. The van der Waals surface area contributed by atoms with Gasteiger partial charge in [-0.2, -0.15) is 0 Å². The second-order valence-corrected chi connectivity index (χ2v) is 8.83. The van der Waals surface area contributed by atoms with Crippen molar-refractivity contribution >= 4 is 21.7 Å². The minimum Gasteiger partial charge on any atom is -0.383 e. The molecule has 4 rings (SSSR count). The minimum atomic E-state index is -3.50. The first-order valence-corrected chi connectivity index (χ1v) is 11.1. The van der Waals surface area contributed by atoms with Crippen LogP contribution in [-0.2, 0) is 16.4 Å². The molecule has 154 valence electrons. The number of nitrogen functional groups attached to an aromatic ring is 1. The van der Waals surface area contributed by atoms with E-state index in [1.54, 1.807) is 37.4 Å². The molecule has 0 saturated heterocycles. The maximum Gasteiger partial charge on any atom is 0.251 e. The highest BCUT2D eigenvalue weighted by atomic mass is 32.2. The molecule has 0 unspecified atom stereocenters. The molecule has 0 aliphatic carbocycles. The molecule has 1 aromatic heterocycles. The van der Waals surface area contributed by atoms with Crippen LogP contribution in [0.5, 0.6) is 0 Å². The first-order valence-electron chi connectivity index (χ1n) is 9.66. The summed E-state index contributed by atoms with van der Waals surface area (Å²) >= 11 is 0. The molecule has 0 radical (unpaired) electrons. The number of amides is 1. The van der Waals surface area contributed by atoms with E-state index >= 15 is 0 Å². The minimum absolute atomic E-state index is 0.0600. The fourth-order valence-corrected chi connectivity index (χ4v) is 4.60. The molecule has 4 N–H and O–H groups in total. The molecule has 0 atom stereocenters. The monoisotopic (exact) mass is 422 g/mol. The van der Waals surface area contributed by atoms with Gasteiger partial charge in [0.15, 0.2) is 0 Å². The van der Waals surface area contributed by atoms with E-state index in [4.69, 9.17) is 5.73 Å². The van der Waals surface area contributed by atoms with Gasteiger partial charge in [-0.15, -0.1) is 0 Å². The van der Waals surface area contributed by atoms with Crippen molar-refractivity contribution in [1.82, 2.24) is 15.0 Å². The lowest BCUT2D eigenvalue weighted by atomic mass is 9.94. The lowest BCUT2D eigenvalue weighted by Crippen LogP contribution is -2.31. The van der Waals surface area contributed by atoms with Gasteiger partial charge in [-0.1, -0.05) is 31.2 Å². The van der Waals surface area contributed by atoms with E-state index in [-0.39, 0.29) is 10.8 Å². The fraction of sp³-hybridized carbons (Fsp3) is 0.182. The van der Waals surface area contributed by atoms with Crippen molar-refractivity contribution in [3.8, 4) is 22.3 Å². The zero-order valence-electron chi connectivity index (χ0n) is 16.5. The van der Waals surface area contributed by atoms with Crippen LogP contribution in [0.2, 0.25) is 0 Å². The summed E-state index contributed by atoms with van der Waals surface area (Å²) in [7, 11) is -3.50.